The van der Waals surface area contributed by atoms with Gasteiger partial charge in [-0.05, 0) is 25.3 Å². The number of hydrogen-bond acceptors (Lipinski definition) is 5. The molecule has 2 aromatic heterocycles. The highest BCUT2D eigenvalue weighted by atomic mass is 32.1. The molecule has 2 heterocycles. The molecule has 2 rings (SSSR count). The average Bonchev–Trinajstić information content (AvgIpc) is 2.69. The number of aromatic amines is 1. The fourth-order valence-corrected chi connectivity index (χ4v) is 3.10. The van der Waals surface area contributed by atoms with E-state index in [1.54, 1.807) is 11.3 Å². The Morgan fingerprint density at radius 1 is 1.38 bits per heavy atom. The minimum absolute atomic E-state index is 0.0466. The molecule has 6 heteroatoms. The van der Waals surface area contributed by atoms with E-state index in [9.17, 15) is 4.79 Å². The summed E-state index contributed by atoms with van der Waals surface area (Å²) < 4.78 is 5.49. The monoisotopic (exact) mass is 309 g/mol. The highest BCUT2D eigenvalue weighted by Gasteiger charge is 2.11. The van der Waals surface area contributed by atoms with Crippen molar-refractivity contribution in [2.75, 3.05) is 19.8 Å². The predicted octanol–water partition coefficient (Wildman–Crippen LogP) is 2.36. The Labute approximate surface area is 128 Å². The summed E-state index contributed by atoms with van der Waals surface area (Å²) in [4.78, 5) is 21.4. The molecule has 0 amide bonds. The molecule has 0 aromatic carbocycles. The first kappa shape index (κ1) is 16.1. The first-order chi connectivity index (χ1) is 9.99. The SMILES string of the molecule is Cc1sc2nc(CNCCOCC(C)C)[nH]c(=O)c2c1C. The molecule has 0 atom stereocenters. The Morgan fingerprint density at radius 3 is 2.86 bits per heavy atom. The zero-order valence-corrected chi connectivity index (χ0v) is 13.9. The lowest BCUT2D eigenvalue weighted by molar-refractivity contribution is 0.111. The minimum atomic E-state index is -0.0466. The molecule has 0 aliphatic carbocycles. The number of hydrogen-bond donors (Lipinski definition) is 2. The molecule has 21 heavy (non-hydrogen) atoms. The molecule has 0 aliphatic rings. The van der Waals surface area contributed by atoms with Gasteiger partial charge in [0.25, 0.3) is 5.56 Å². The normalized spacial score (nSPS) is 11.7. The molecule has 0 spiro atoms. The Hall–Kier alpha value is -1.24. The van der Waals surface area contributed by atoms with Gasteiger partial charge in [0.05, 0.1) is 18.5 Å². The van der Waals surface area contributed by atoms with Crippen LogP contribution in [-0.4, -0.2) is 29.7 Å². The Morgan fingerprint density at radius 2 is 2.14 bits per heavy atom. The zero-order chi connectivity index (χ0) is 15.4. The van der Waals surface area contributed by atoms with Crippen LogP contribution in [0.2, 0.25) is 0 Å². The molecule has 0 saturated heterocycles. The molecule has 0 saturated carbocycles. The number of H-pyrrole nitrogens is 1. The lowest BCUT2D eigenvalue weighted by atomic mass is 10.2. The van der Waals surface area contributed by atoms with Crippen LogP contribution < -0.4 is 10.9 Å². The summed E-state index contributed by atoms with van der Waals surface area (Å²) in [6.07, 6.45) is 0. The molecular formula is C15H23N3O2S. The number of fused-ring (bicyclic) bond motifs is 1. The maximum Gasteiger partial charge on any atom is 0.259 e. The maximum atomic E-state index is 12.1. The molecule has 2 aromatic rings. The second-order valence-corrected chi connectivity index (χ2v) is 6.82. The molecule has 0 radical (unpaired) electrons. The van der Waals surface area contributed by atoms with Crippen LogP contribution >= 0.6 is 11.3 Å². The molecule has 2 N–H and O–H groups in total. The number of aryl methyl sites for hydroxylation is 2. The van der Waals surface area contributed by atoms with Crippen molar-refractivity contribution < 1.29 is 4.74 Å². The van der Waals surface area contributed by atoms with Crippen LogP contribution in [-0.2, 0) is 11.3 Å². The van der Waals surface area contributed by atoms with E-state index < -0.39 is 0 Å². The van der Waals surface area contributed by atoms with Crippen LogP contribution in [0.1, 0.15) is 30.1 Å². The van der Waals surface area contributed by atoms with Crippen molar-refractivity contribution in [1.82, 2.24) is 15.3 Å². The van der Waals surface area contributed by atoms with Crippen LogP contribution in [0.4, 0.5) is 0 Å². The van der Waals surface area contributed by atoms with Crippen molar-refractivity contribution in [3.63, 3.8) is 0 Å². The molecule has 0 bridgehead atoms. The quantitative estimate of drug-likeness (QED) is 0.771. The van der Waals surface area contributed by atoms with Gasteiger partial charge in [-0.3, -0.25) is 4.79 Å². The van der Waals surface area contributed by atoms with Gasteiger partial charge in [0.2, 0.25) is 0 Å². The fraction of sp³-hybridized carbons (Fsp3) is 0.600. The van der Waals surface area contributed by atoms with Gasteiger partial charge in [0.1, 0.15) is 10.7 Å². The van der Waals surface area contributed by atoms with E-state index in [0.717, 1.165) is 33.8 Å². The van der Waals surface area contributed by atoms with Gasteiger partial charge in [-0.2, -0.15) is 0 Å². The number of nitrogens with one attached hydrogen (secondary N) is 2. The summed E-state index contributed by atoms with van der Waals surface area (Å²) in [5, 5.41) is 3.96. The lowest BCUT2D eigenvalue weighted by Gasteiger charge is -2.07. The molecule has 5 nitrogen and oxygen atoms in total. The van der Waals surface area contributed by atoms with Crippen LogP contribution in [0.5, 0.6) is 0 Å². The maximum absolute atomic E-state index is 12.1. The van der Waals surface area contributed by atoms with Crippen molar-refractivity contribution in [1.29, 1.82) is 0 Å². The summed E-state index contributed by atoms with van der Waals surface area (Å²) in [5.74, 6) is 1.23. The predicted molar refractivity (Wildman–Crippen MR) is 87.1 cm³/mol. The highest BCUT2D eigenvalue weighted by molar-refractivity contribution is 7.18. The third kappa shape index (κ3) is 4.12. The summed E-state index contributed by atoms with van der Waals surface area (Å²) >= 11 is 1.57. The van der Waals surface area contributed by atoms with Crippen LogP contribution in [0.25, 0.3) is 10.2 Å². The van der Waals surface area contributed by atoms with Crippen molar-refractivity contribution >= 4 is 21.6 Å². The molecule has 0 aliphatic heterocycles. The van der Waals surface area contributed by atoms with E-state index in [0.29, 0.717) is 24.9 Å². The van der Waals surface area contributed by atoms with Crippen molar-refractivity contribution in [3.05, 3.63) is 26.6 Å². The fourth-order valence-electron chi connectivity index (χ4n) is 2.05. The number of thiophene rings is 1. The van der Waals surface area contributed by atoms with E-state index in [1.807, 2.05) is 13.8 Å². The van der Waals surface area contributed by atoms with Gasteiger partial charge in [0, 0.05) is 18.0 Å². The molecule has 0 fully saturated rings. The number of rotatable bonds is 7. The Bertz CT molecular complexity index is 661. The minimum Gasteiger partial charge on any atom is -0.380 e. The Balaban J connectivity index is 1.93. The van der Waals surface area contributed by atoms with Crippen molar-refractivity contribution in [2.45, 2.75) is 34.2 Å². The average molecular weight is 309 g/mol. The summed E-state index contributed by atoms with van der Waals surface area (Å²) in [5.41, 5.74) is 0.986. The first-order valence-electron chi connectivity index (χ1n) is 7.26. The van der Waals surface area contributed by atoms with E-state index in [4.69, 9.17) is 4.74 Å². The number of nitrogens with zero attached hydrogens (tertiary/aromatic N) is 1. The van der Waals surface area contributed by atoms with Gasteiger partial charge in [-0.1, -0.05) is 13.8 Å². The van der Waals surface area contributed by atoms with Gasteiger partial charge in [0.15, 0.2) is 0 Å². The van der Waals surface area contributed by atoms with Gasteiger partial charge in [-0.15, -0.1) is 11.3 Å². The molecule has 116 valence electrons. The van der Waals surface area contributed by atoms with Crippen LogP contribution in [0.3, 0.4) is 0 Å². The van der Waals surface area contributed by atoms with Crippen LogP contribution in [0, 0.1) is 19.8 Å². The summed E-state index contributed by atoms with van der Waals surface area (Å²) in [6.45, 7) is 11.0. The molecule has 0 unspecified atom stereocenters. The smallest absolute Gasteiger partial charge is 0.259 e. The van der Waals surface area contributed by atoms with E-state index in [1.165, 1.54) is 0 Å². The lowest BCUT2D eigenvalue weighted by Crippen LogP contribution is -2.23. The first-order valence-corrected chi connectivity index (χ1v) is 8.08. The summed E-state index contributed by atoms with van der Waals surface area (Å²) in [7, 11) is 0. The second-order valence-electron chi connectivity index (χ2n) is 5.62. The van der Waals surface area contributed by atoms with Crippen molar-refractivity contribution in [3.8, 4) is 0 Å². The largest absolute Gasteiger partial charge is 0.380 e. The Kier molecular flexibility index (Phi) is 5.50. The number of aromatic nitrogens is 2. The second kappa shape index (κ2) is 7.15. The van der Waals surface area contributed by atoms with Gasteiger partial charge >= 0.3 is 0 Å². The zero-order valence-electron chi connectivity index (χ0n) is 13.1. The molecular weight excluding hydrogens is 286 g/mol. The number of ether oxygens (including phenoxy) is 1. The third-order valence-electron chi connectivity index (χ3n) is 3.25. The van der Waals surface area contributed by atoms with E-state index >= 15 is 0 Å². The van der Waals surface area contributed by atoms with E-state index in [-0.39, 0.29) is 5.56 Å². The summed E-state index contributed by atoms with van der Waals surface area (Å²) in [6, 6.07) is 0. The van der Waals surface area contributed by atoms with Crippen molar-refractivity contribution in [2.24, 2.45) is 5.92 Å². The van der Waals surface area contributed by atoms with Gasteiger partial charge < -0.3 is 15.0 Å². The topological polar surface area (TPSA) is 67.0 Å². The van der Waals surface area contributed by atoms with E-state index in [2.05, 4.69) is 29.1 Å². The standard InChI is InChI=1S/C15H23N3O2S/c1-9(2)8-20-6-5-16-7-12-17-14(19)13-10(3)11(4)21-15(13)18-12/h9,16H,5-8H2,1-4H3,(H,17,18,19). The highest BCUT2D eigenvalue weighted by Crippen LogP contribution is 2.25. The van der Waals surface area contributed by atoms with Gasteiger partial charge in [-0.25, -0.2) is 4.98 Å². The third-order valence-corrected chi connectivity index (χ3v) is 4.36. The van der Waals surface area contributed by atoms with Crippen LogP contribution in [0.15, 0.2) is 4.79 Å².